The number of hydrogen-bond donors (Lipinski definition) is 1. The summed E-state index contributed by atoms with van der Waals surface area (Å²) in [5.74, 6) is -0.552. The number of carbonyl (C=O) groups excluding carboxylic acids is 1. The van der Waals surface area contributed by atoms with Crippen LogP contribution in [-0.4, -0.2) is 21.5 Å². The molecule has 0 saturated heterocycles. The molecule has 2 aromatic carbocycles. The van der Waals surface area contributed by atoms with Gasteiger partial charge in [-0.1, -0.05) is 37.3 Å². The molecule has 1 amide bonds. The lowest BCUT2D eigenvalue weighted by Gasteiger charge is -2.06. The average Bonchev–Trinajstić information content (AvgIpc) is 2.63. The predicted octanol–water partition coefficient (Wildman–Crippen LogP) is 2.98. The second kappa shape index (κ2) is 8.47. The first kappa shape index (κ1) is 18.7. The fourth-order valence-electron chi connectivity index (χ4n) is 2.31. The van der Waals surface area contributed by atoms with E-state index in [1.165, 1.54) is 6.07 Å². The minimum absolute atomic E-state index is 0.0751. The zero-order chi connectivity index (χ0) is 19.1. The molecule has 0 aliphatic heterocycles. The van der Waals surface area contributed by atoms with Crippen molar-refractivity contribution in [3.63, 3.8) is 0 Å². The number of amides is 1. The van der Waals surface area contributed by atoms with Crippen molar-refractivity contribution in [2.24, 2.45) is 5.10 Å². The van der Waals surface area contributed by atoms with Crippen LogP contribution in [0.2, 0.25) is 0 Å². The molecule has 134 valence electrons. The minimum Gasteiger partial charge on any atom is -0.273 e. The molecule has 26 heavy (non-hydrogen) atoms. The van der Waals surface area contributed by atoms with Crippen molar-refractivity contribution in [3.05, 3.63) is 79.9 Å². The largest absolute Gasteiger partial charge is 0.279 e. The molecule has 2 rings (SSSR count). The van der Waals surface area contributed by atoms with Crippen molar-refractivity contribution in [2.45, 2.75) is 19.8 Å². The van der Waals surface area contributed by atoms with E-state index in [-0.39, 0.29) is 12.0 Å². The van der Waals surface area contributed by atoms with Gasteiger partial charge in [0.05, 0.1) is 28.0 Å². The molecule has 0 radical (unpaired) electrons. The van der Waals surface area contributed by atoms with Crippen LogP contribution < -0.4 is 5.43 Å². The van der Waals surface area contributed by atoms with E-state index in [2.05, 4.69) is 10.5 Å². The highest BCUT2D eigenvalue weighted by molar-refractivity contribution is 6.00. The van der Waals surface area contributed by atoms with Crippen LogP contribution in [0.25, 0.3) is 0 Å². The number of nitrogens with one attached hydrogen (secondary N) is 1. The van der Waals surface area contributed by atoms with Gasteiger partial charge in [0.25, 0.3) is 11.4 Å². The molecule has 1 N–H and O–H groups in total. The Balaban J connectivity index is 2.16. The molecule has 0 fully saturated rings. The molecule has 9 nitrogen and oxygen atoms in total. The maximum atomic E-state index is 12.1. The number of non-ortho nitro benzene ring substituents is 1. The number of hydrazone groups is 1. The predicted molar refractivity (Wildman–Crippen MR) is 94.9 cm³/mol. The Bertz CT molecular complexity index is 865. The molecular formula is C17H16N4O5. The summed E-state index contributed by atoms with van der Waals surface area (Å²) in [5, 5.41) is 25.9. The van der Waals surface area contributed by atoms with Gasteiger partial charge in [-0.3, -0.25) is 25.0 Å². The van der Waals surface area contributed by atoms with Gasteiger partial charge in [0.15, 0.2) is 0 Å². The Kier molecular flexibility index (Phi) is 6.10. The van der Waals surface area contributed by atoms with Crippen LogP contribution in [0.4, 0.5) is 11.4 Å². The highest BCUT2D eigenvalue weighted by atomic mass is 16.6. The number of nitro groups is 2. The van der Waals surface area contributed by atoms with E-state index in [1.807, 2.05) is 37.3 Å². The second-order valence-electron chi connectivity index (χ2n) is 5.32. The maximum absolute atomic E-state index is 12.1. The molecule has 0 spiro atoms. The summed E-state index contributed by atoms with van der Waals surface area (Å²) in [7, 11) is 0. The van der Waals surface area contributed by atoms with Gasteiger partial charge in [-0.05, 0) is 18.1 Å². The van der Waals surface area contributed by atoms with Crippen molar-refractivity contribution in [2.75, 3.05) is 0 Å². The van der Waals surface area contributed by atoms with Crippen molar-refractivity contribution >= 4 is 23.0 Å². The van der Waals surface area contributed by atoms with Crippen LogP contribution >= 0.6 is 0 Å². The molecule has 9 heteroatoms. The van der Waals surface area contributed by atoms with E-state index in [9.17, 15) is 25.0 Å². The molecule has 0 saturated carbocycles. The molecule has 0 atom stereocenters. The van der Waals surface area contributed by atoms with Crippen LogP contribution in [0, 0.1) is 20.2 Å². The summed E-state index contributed by atoms with van der Waals surface area (Å²) in [6.07, 6.45) is 0.269. The van der Waals surface area contributed by atoms with E-state index in [0.29, 0.717) is 12.1 Å². The first-order valence-electron chi connectivity index (χ1n) is 7.75. The van der Waals surface area contributed by atoms with Gasteiger partial charge in [-0.25, -0.2) is 5.43 Å². The molecule has 2 aromatic rings. The van der Waals surface area contributed by atoms with Crippen molar-refractivity contribution in [1.29, 1.82) is 0 Å². The second-order valence-corrected chi connectivity index (χ2v) is 5.32. The standard InChI is InChI=1S/C17H16N4O5/c1-2-15(12-6-4-3-5-7-12)18-19-17(22)10-13-8-9-14(20(23)24)11-16(13)21(25)26/h3-9,11H,2,10H2,1H3,(H,19,22)/b18-15-. The zero-order valence-electron chi connectivity index (χ0n) is 13.9. The normalized spacial score (nSPS) is 11.0. The highest BCUT2D eigenvalue weighted by Gasteiger charge is 2.21. The number of benzene rings is 2. The first-order chi connectivity index (χ1) is 12.4. The van der Waals surface area contributed by atoms with Crippen molar-refractivity contribution in [3.8, 4) is 0 Å². The number of nitrogens with zero attached hydrogens (tertiary/aromatic N) is 3. The third kappa shape index (κ3) is 4.69. The van der Waals surface area contributed by atoms with Gasteiger partial charge in [0.1, 0.15) is 0 Å². The lowest BCUT2D eigenvalue weighted by Crippen LogP contribution is -2.22. The van der Waals surface area contributed by atoms with Gasteiger partial charge in [-0.15, -0.1) is 0 Å². The fraction of sp³-hybridized carbons (Fsp3) is 0.176. The zero-order valence-corrected chi connectivity index (χ0v) is 13.9. The molecule has 0 aliphatic rings. The molecule has 0 bridgehead atoms. The van der Waals surface area contributed by atoms with Crippen LogP contribution in [0.15, 0.2) is 53.6 Å². The first-order valence-corrected chi connectivity index (χ1v) is 7.75. The highest BCUT2D eigenvalue weighted by Crippen LogP contribution is 2.25. The Morgan fingerprint density at radius 2 is 1.77 bits per heavy atom. The summed E-state index contributed by atoms with van der Waals surface area (Å²) in [4.78, 5) is 32.4. The Labute approximate surface area is 148 Å². The number of nitro benzene ring substituents is 2. The van der Waals surface area contributed by atoms with Gasteiger partial charge in [-0.2, -0.15) is 5.10 Å². The van der Waals surface area contributed by atoms with Crippen LogP contribution in [0.1, 0.15) is 24.5 Å². The topological polar surface area (TPSA) is 128 Å². The maximum Gasteiger partial charge on any atom is 0.279 e. The quantitative estimate of drug-likeness (QED) is 0.463. The van der Waals surface area contributed by atoms with E-state index < -0.39 is 27.1 Å². The Hall–Kier alpha value is -3.62. The molecular weight excluding hydrogens is 340 g/mol. The third-order valence-electron chi connectivity index (χ3n) is 3.58. The number of rotatable bonds is 7. The number of carbonyl (C=O) groups is 1. The Morgan fingerprint density at radius 3 is 2.35 bits per heavy atom. The lowest BCUT2D eigenvalue weighted by atomic mass is 10.1. The third-order valence-corrected chi connectivity index (χ3v) is 3.58. The van der Waals surface area contributed by atoms with E-state index in [0.717, 1.165) is 17.7 Å². The Morgan fingerprint density at radius 1 is 1.08 bits per heavy atom. The van der Waals surface area contributed by atoms with E-state index in [4.69, 9.17) is 0 Å². The minimum atomic E-state index is -0.750. The van der Waals surface area contributed by atoms with Gasteiger partial charge in [0.2, 0.25) is 5.91 Å². The monoisotopic (exact) mass is 356 g/mol. The molecule has 0 aromatic heterocycles. The SMILES string of the molecule is CC/C(=N/NC(=O)Cc1ccc([N+](=O)[O-])cc1[N+](=O)[O-])c1ccccc1. The van der Waals surface area contributed by atoms with Crippen LogP contribution in [0.3, 0.4) is 0 Å². The summed E-state index contributed by atoms with van der Waals surface area (Å²) >= 11 is 0. The van der Waals surface area contributed by atoms with Crippen molar-refractivity contribution in [1.82, 2.24) is 5.43 Å². The molecule has 0 heterocycles. The lowest BCUT2D eigenvalue weighted by molar-refractivity contribution is -0.394. The smallest absolute Gasteiger partial charge is 0.273 e. The van der Waals surface area contributed by atoms with Gasteiger partial charge in [0, 0.05) is 11.6 Å². The average molecular weight is 356 g/mol. The van der Waals surface area contributed by atoms with Crippen LogP contribution in [-0.2, 0) is 11.2 Å². The fourth-order valence-corrected chi connectivity index (χ4v) is 2.31. The van der Waals surface area contributed by atoms with E-state index >= 15 is 0 Å². The van der Waals surface area contributed by atoms with Gasteiger partial charge >= 0.3 is 0 Å². The summed E-state index contributed by atoms with van der Waals surface area (Å²) in [6, 6.07) is 12.4. The van der Waals surface area contributed by atoms with Crippen molar-refractivity contribution < 1.29 is 14.6 Å². The molecule has 0 unspecified atom stereocenters. The van der Waals surface area contributed by atoms with Gasteiger partial charge < -0.3 is 0 Å². The van der Waals surface area contributed by atoms with Crippen LogP contribution in [0.5, 0.6) is 0 Å². The summed E-state index contributed by atoms with van der Waals surface area (Å²) in [6.45, 7) is 1.89. The van der Waals surface area contributed by atoms with E-state index in [1.54, 1.807) is 0 Å². The summed E-state index contributed by atoms with van der Waals surface area (Å²) < 4.78 is 0. The number of hydrogen-bond acceptors (Lipinski definition) is 6. The molecule has 0 aliphatic carbocycles. The summed E-state index contributed by atoms with van der Waals surface area (Å²) in [5.41, 5.74) is 3.09.